The molecule has 6 nitrogen and oxygen atoms in total. The van der Waals surface area contributed by atoms with E-state index in [9.17, 15) is 4.79 Å². The molecule has 2 aromatic rings. The van der Waals surface area contributed by atoms with Crippen molar-refractivity contribution in [3.8, 4) is 0 Å². The van der Waals surface area contributed by atoms with Gasteiger partial charge in [0, 0.05) is 5.39 Å². The van der Waals surface area contributed by atoms with Gasteiger partial charge in [0.15, 0.2) is 5.82 Å². The third-order valence-electron chi connectivity index (χ3n) is 2.03. The molecule has 1 aromatic carbocycles. The van der Waals surface area contributed by atoms with Crippen molar-refractivity contribution in [1.82, 2.24) is 15.6 Å². The van der Waals surface area contributed by atoms with Crippen molar-refractivity contribution < 1.29 is 9.53 Å². The Hall–Kier alpha value is -2.24. The number of hydrogen-bond donors (Lipinski definition) is 3. The average Bonchev–Trinajstić information content (AvgIpc) is 2.70. The van der Waals surface area contributed by atoms with Crippen LogP contribution in [-0.4, -0.2) is 22.9 Å². The van der Waals surface area contributed by atoms with Gasteiger partial charge < -0.3 is 4.74 Å². The van der Waals surface area contributed by atoms with Crippen molar-refractivity contribution in [2.75, 3.05) is 12.0 Å². The lowest BCUT2D eigenvalue weighted by Crippen LogP contribution is -2.30. The molecule has 0 aliphatic carbocycles. The molecule has 84 valence electrons. The van der Waals surface area contributed by atoms with E-state index < -0.39 is 6.09 Å². The normalized spacial score (nSPS) is 10.1. The van der Waals surface area contributed by atoms with Crippen LogP contribution in [0.1, 0.15) is 6.92 Å². The highest BCUT2D eigenvalue weighted by Crippen LogP contribution is 2.18. The number of benzene rings is 1. The fraction of sp³-hybridized carbons (Fsp3) is 0.200. The molecule has 1 amide bonds. The van der Waals surface area contributed by atoms with Crippen molar-refractivity contribution in [2.24, 2.45) is 0 Å². The van der Waals surface area contributed by atoms with Crippen LogP contribution in [0.25, 0.3) is 10.9 Å². The second kappa shape index (κ2) is 4.52. The van der Waals surface area contributed by atoms with Crippen LogP contribution in [0.15, 0.2) is 24.3 Å². The van der Waals surface area contributed by atoms with Gasteiger partial charge in [-0.25, -0.2) is 10.2 Å². The van der Waals surface area contributed by atoms with Crippen molar-refractivity contribution in [1.29, 1.82) is 0 Å². The van der Waals surface area contributed by atoms with Gasteiger partial charge in [-0.3, -0.25) is 10.5 Å². The summed E-state index contributed by atoms with van der Waals surface area (Å²) < 4.78 is 4.70. The molecule has 0 saturated carbocycles. The van der Waals surface area contributed by atoms with E-state index in [0.29, 0.717) is 12.4 Å². The number of carbonyl (C=O) groups is 1. The predicted octanol–water partition coefficient (Wildman–Crippen LogP) is 1.64. The van der Waals surface area contributed by atoms with E-state index in [1.165, 1.54) is 0 Å². The molecule has 0 bridgehead atoms. The highest BCUT2D eigenvalue weighted by atomic mass is 16.5. The van der Waals surface area contributed by atoms with E-state index in [1.54, 1.807) is 6.92 Å². The maximum atomic E-state index is 11.0. The lowest BCUT2D eigenvalue weighted by molar-refractivity contribution is 0.154. The largest absolute Gasteiger partial charge is 0.449 e. The van der Waals surface area contributed by atoms with E-state index in [-0.39, 0.29) is 0 Å². The number of fused-ring (bicyclic) bond motifs is 1. The topological polar surface area (TPSA) is 79.0 Å². The molecule has 0 fully saturated rings. The zero-order valence-corrected chi connectivity index (χ0v) is 8.78. The van der Waals surface area contributed by atoms with Gasteiger partial charge in [-0.05, 0) is 19.1 Å². The van der Waals surface area contributed by atoms with Crippen molar-refractivity contribution in [3.05, 3.63) is 24.3 Å². The minimum absolute atomic E-state index is 0.328. The van der Waals surface area contributed by atoms with Crippen LogP contribution >= 0.6 is 0 Å². The van der Waals surface area contributed by atoms with Gasteiger partial charge in [-0.1, -0.05) is 12.1 Å². The second-order valence-corrected chi connectivity index (χ2v) is 3.09. The summed E-state index contributed by atoms with van der Waals surface area (Å²) in [6.07, 6.45) is -0.533. The van der Waals surface area contributed by atoms with Gasteiger partial charge in [0.05, 0.1) is 12.1 Å². The fourth-order valence-corrected chi connectivity index (χ4v) is 1.34. The van der Waals surface area contributed by atoms with Crippen LogP contribution in [0.2, 0.25) is 0 Å². The van der Waals surface area contributed by atoms with E-state index >= 15 is 0 Å². The molecule has 6 heteroatoms. The molecular formula is C10H12N4O2. The standard InChI is InChI=1S/C10H12N4O2/c1-2-16-10(15)14-13-9-7-5-3-4-6-8(7)11-12-9/h3-6H,2H2,1H3,(H,14,15)(H2,11,12,13). The molecule has 0 spiro atoms. The molecule has 16 heavy (non-hydrogen) atoms. The van der Waals surface area contributed by atoms with Gasteiger partial charge in [0.2, 0.25) is 0 Å². The molecule has 0 aliphatic heterocycles. The number of hydrazine groups is 1. The summed E-state index contributed by atoms with van der Waals surface area (Å²) in [4.78, 5) is 11.0. The zero-order chi connectivity index (χ0) is 11.4. The summed E-state index contributed by atoms with van der Waals surface area (Å²) in [5, 5.41) is 7.76. The van der Waals surface area contributed by atoms with Gasteiger partial charge >= 0.3 is 6.09 Å². The molecule has 0 unspecified atom stereocenters. The number of rotatable bonds is 3. The average molecular weight is 220 g/mol. The Balaban J connectivity index is 2.07. The number of nitrogens with one attached hydrogen (secondary N) is 3. The van der Waals surface area contributed by atoms with Gasteiger partial charge in [0.1, 0.15) is 0 Å². The second-order valence-electron chi connectivity index (χ2n) is 3.09. The molecule has 3 N–H and O–H groups in total. The number of aromatic nitrogens is 2. The predicted molar refractivity (Wildman–Crippen MR) is 59.9 cm³/mol. The van der Waals surface area contributed by atoms with Crippen molar-refractivity contribution in [3.63, 3.8) is 0 Å². The molecule has 0 radical (unpaired) electrons. The number of anilines is 1. The number of amides is 1. The molecule has 1 aromatic heterocycles. The maximum absolute atomic E-state index is 11.0. The molecule has 2 rings (SSSR count). The number of para-hydroxylation sites is 1. The van der Waals surface area contributed by atoms with Crippen LogP contribution in [0.3, 0.4) is 0 Å². The van der Waals surface area contributed by atoms with E-state index in [2.05, 4.69) is 21.0 Å². The summed E-state index contributed by atoms with van der Waals surface area (Å²) in [5.74, 6) is 0.559. The summed E-state index contributed by atoms with van der Waals surface area (Å²) in [6, 6.07) is 7.60. The van der Waals surface area contributed by atoms with Crippen LogP contribution in [0, 0.1) is 0 Å². The summed E-state index contributed by atoms with van der Waals surface area (Å²) in [5.41, 5.74) is 5.97. The fourth-order valence-electron chi connectivity index (χ4n) is 1.34. The van der Waals surface area contributed by atoms with E-state index in [4.69, 9.17) is 4.74 Å². The number of H-pyrrole nitrogens is 1. The Morgan fingerprint density at radius 1 is 1.50 bits per heavy atom. The van der Waals surface area contributed by atoms with Gasteiger partial charge in [-0.15, -0.1) is 0 Å². The minimum atomic E-state index is -0.533. The number of aromatic amines is 1. The monoisotopic (exact) mass is 220 g/mol. The van der Waals surface area contributed by atoms with Crippen LogP contribution < -0.4 is 10.9 Å². The van der Waals surface area contributed by atoms with Crippen LogP contribution in [0.5, 0.6) is 0 Å². The number of carbonyl (C=O) groups excluding carboxylic acids is 1. The first-order chi connectivity index (χ1) is 7.81. The third-order valence-corrected chi connectivity index (χ3v) is 2.03. The van der Waals surface area contributed by atoms with Crippen molar-refractivity contribution >= 4 is 22.8 Å². The summed E-state index contributed by atoms with van der Waals surface area (Å²) in [7, 11) is 0. The lowest BCUT2D eigenvalue weighted by atomic mass is 10.2. The van der Waals surface area contributed by atoms with Gasteiger partial charge in [0.25, 0.3) is 0 Å². The SMILES string of the molecule is CCOC(=O)NNc1n[nH]c2ccccc12. The van der Waals surface area contributed by atoms with Crippen LogP contribution in [-0.2, 0) is 4.74 Å². The number of hydrogen-bond acceptors (Lipinski definition) is 4. The zero-order valence-electron chi connectivity index (χ0n) is 8.78. The Morgan fingerprint density at radius 3 is 3.12 bits per heavy atom. The molecular weight excluding hydrogens is 208 g/mol. The summed E-state index contributed by atoms with van der Waals surface area (Å²) >= 11 is 0. The first kappa shape index (κ1) is 10.3. The number of ether oxygens (including phenoxy) is 1. The lowest BCUT2D eigenvalue weighted by Gasteiger charge is -2.05. The van der Waals surface area contributed by atoms with Crippen LogP contribution in [0.4, 0.5) is 10.6 Å². The highest BCUT2D eigenvalue weighted by molar-refractivity contribution is 5.90. The quantitative estimate of drug-likeness (QED) is 0.687. The Morgan fingerprint density at radius 2 is 2.31 bits per heavy atom. The Labute approximate surface area is 92.0 Å². The summed E-state index contributed by atoms with van der Waals surface area (Å²) in [6.45, 7) is 2.07. The van der Waals surface area contributed by atoms with Gasteiger partial charge in [-0.2, -0.15) is 5.10 Å². The van der Waals surface area contributed by atoms with Crippen molar-refractivity contribution in [2.45, 2.75) is 6.92 Å². The maximum Gasteiger partial charge on any atom is 0.425 e. The highest BCUT2D eigenvalue weighted by Gasteiger charge is 2.05. The number of nitrogens with zero attached hydrogens (tertiary/aromatic N) is 1. The minimum Gasteiger partial charge on any atom is -0.449 e. The van der Waals surface area contributed by atoms with E-state index in [0.717, 1.165) is 10.9 Å². The molecule has 1 heterocycles. The first-order valence-electron chi connectivity index (χ1n) is 4.93. The third kappa shape index (κ3) is 2.05. The van der Waals surface area contributed by atoms with E-state index in [1.807, 2.05) is 24.3 Å². The smallest absolute Gasteiger partial charge is 0.425 e. The molecule has 0 aliphatic rings. The first-order valence-corrected chi connectivity index (χ1v) is 4.93. The Kier molecular flexibility index (Phi) is 2.90. The molecule has 0 atom stereocenters. The Bertz CT molecular complexity index is 494. The molecule has 0 saturated heterocycles.